The predicted molar refractivity (Wildman–Crippen MR) is 69.0 cm³/mol. The number of rotatable bonds is 5. The molecule has 5 heteroatoms. The first-order valence-corrected chi connectivity index (χ1v) is 6.15. The van der Waals surface area contributed by atoms with E-state index in [2.05, 4.69) is 30.1 Å². The Morgan fingerprint density at radius 2 is 2.17 bits per heavy atom. The fourth-order valence-corrected chi connectivity index (χ4v) is 1.93. The molecule has 0 aliphatic heterocycles. The van der Waals surface area contributed by atoms with Crippen LogP contribution in [0.1, 0.15) is 42.0 Å². The van der Waals surface area contributed by atoms with Gasteiger partial charge in [0.2, 0.25) is 0 Å². The SMILES string of the molecule is Cc1n[nH]c(C)c1C(=O)N(CCC#N)CC(C)C. The maximum atomic E-state index is 12.4. The third-order valence-electron chi connectivity index (χ3n) is 2.71. The standard InChI is InChI=1S/C13H20N4O/c1-9(2)8-17(7-5-6-14)13(18)12-10(3)15-16-11(12)4/h9H,5,7-8H2,1-4H3,(H,15,16). The average Bonchev–Trinajstić information content (AvgIpc) is 2.63. The Morgan fingerprint density at radius 1 is 1.50 bits per heavy atom. The number of nitrogens with one attached hydrogen (secondary N) is 1. The van der Waals surface area contributed by atoms with Gasteiger partial charge in [-0.05, 0) is 19.8 Å². The monoisotopic (exact) mass is 248 g/mol. The minimum absolute atomic E-state index is 0.0392. The molecule has 0 fully saturated rings. The number of carbonyl (C=O) groups excluding carboxylic acids is 1. The number of H-pyrrole nitrogens is 1. The number of nitriles is 1. The van der Waals surface area contributed by atoms with Crippen molar-refractivity contribution in [1.82, 2.24) is 15.1 Å². The lowest BCUT2D eigenvalue weighted by molar-refractivity contribution is 0.0738. The van der Waals surface area contributed by atoms with E-state index >= 15 is 0 Å². The second kappa shape index (κ2) is 6.20. The average molecular weight is 248 g/mol. The largest absolute Gasteiger partial charge is 0.337 e. The maximum Gasteiger partial charge on any atom is 0.257 e. The van der Waals surface area contributed by atoms with Gasteiger partial charge in [0.05, 0.1) is 23.7 Å². The van der Waals surface area contributed by atoms with Crippen LogP contribution in [-0.4, -0.2) is 34.1 Å². The van der Waals surface area contributed by atoms with Gasteiger partial charge in [-0.3, -0.25) is 9.89 Å². The summed E-state index contributed by atoms with van der Waals surface area (Å²) in [6, 6.07) is 2.08. The van der Waals surface area contributed by atoms with Crippen molar-refractivity contribution < 1.29 is 4.79 Å². The molecule has 1 amide bonds. The molecule has 0 spiro atoms. The molecule has 0 aromatic carbocycles. The first-order valence-electron chi connectivity index (χ1n) is 6.15. The summed E-state index contributed by atoms with van der Waals surface area (Å²) in [5, 5.41) is 15.5. The highest BCUT2D eigenvalue weighted by molar-refractivity contribution is 5.96. The molecule has 1 heterocycles. The molecule has 0 aliphatic rings. The van der Waals surface area contributed by atoms with Crippen LogP contribution in [0.4, 0.5) is 0 Å². The Labute approximate surface area is 108 Å². The van der Waals surface area contributed by atoms with Gasteiger partial charge >= 0.3 is 0 Å². The lowest BCUT2D eigenvalue weighted by Gasteiger charge is -2.23. The van der Waals surface area contributed by atoms with Crippen molar-refractivity contribution in [2.45, 2.75) is 34.1 Å². The highest BCUT2D eigenvalue weighted by atomic mass is 16.2. The fourth-order valence-electron chi connectivity index (χ4n) is 1.93. The molecule has 0 saturated carbocycles. The normalized spacial score (nSPS) is 10.4. The molecule has 0 radical (unpaired) electrons. The summed E-state index contributed by atoms with van der Waals surface area (Å²) < 4.78 is 0. The van der Waals surface area contributed by atoms with E-state index in [1.165, 1.54) is 0 Å². The zero-order valence-electron chi connectivity index (χ0n) is 11.4. The second-order valence-electron chi connectivity index (χ2n) is 4.86. The molecule has 5 nitrogen and oxygen atoms in total. The third kappa shape index (κ3) is 3.33. The summed E-state index contributed by atoms with van der Waals surface area (Å²) in [6.45, 7) is 8.89. The zero-order valence-corrected chi connectivity index (χ0v) is 11.4. The van der Waals surface area contributed by atoms with E-state index < -0.39 is 0 Å². The van der Waals surface area contributed by atoms with Crippen molar-refractivity contribution in [3.63, 3.8) is 0 Å². The quantitative estimate of drug-likeness (QED) is 0.866. The number of hydrogen-bond acceptors (Lipinski definition) is 3. The Balaban J connectivity index is 2.91. The van der Waals surface area contributed by atoms with Gasteiger partial charge in [0.1, 0.15) is 0 Å². The van der Waals surface area contributed by atoms with Crippen LogP contribution in [0.15, 0.2) is 0 Å². The number of aromatic amines is 1. The Morgan fingerprint density at radius 3 is 2.61 bits per heavy atom. The molecule has 1 aromatic rings. The summed E-state index contributed by atoms with van der Waals surface area (Å²) in [4.78, 5) is 14.2. The summed E-state index contributed by atoms with van der Waals surface area (Å²) in [5.74, 6) is 0.336. The number of aryl methyl sites for hydroxylation is 2. The molecular weight excluding hydrogens is 228 g/mol. The van der Waals surface area contributed by atoms with E-state index in [-0.39, 0.29) is 5.91 Å². The molecule has 0 unspecified atom stereocenters. The van der Waals surface area contributed by atoms with Crippen LogP contribution in [0.25, 0.3) is 0 Å². The topological polar surface area (TPSA) is 72.8 Å². The van der Waals surface area contributed by atoms with Crippen molar-refractivity contribution in [3.8, 4) is 6.07 Å². The lowest BCUT2D eigenvalue weighted by atomic mass is 10.1. The molecule has 18 heavy (non-hydrogen) atoms. The molecule has 0 saturated heterocycles. The van der Waals surface area contributed by atoms with Crippen molar-refractivity contribution in [1.29, 1.82) is 5.26 Å². The van der Waals surface area contributed by atoms with E-state index in [0.717, 1.165) is 5.69 Å². The van der Waals surface area contributed by atoms with Crippen molar-refractivity contribution in [3.05, 3.63) is 17.0 Å². The number of hydrogen-bond donors (Lipinski definition) is 1. The van der Waals surface area contributed by atoms with E-state index in [0.29, 0.717) is 36.7 Å². The molecule has 0 aliphatic carbocycles. The lowest BCUT2D eigenvalue weighted by Crippen LogP contribution is -2.35. The first-order chi connectivity index (χ1) is 8.47. The Bertz CT molecular complexity index is 437. The number of aromatic nitrogens is 2. The molecule has 1 rings (SSSR count). The predicted octanol–water partition coefficient (Wildman–Crippen LogP) is 2.04. The van der Waals surface area contributed by atoms with Crippen LogP contribution < -0.4 is 0 Å². The van der Waals surface area contributed by atoms with E-state index in [9.17, 15) is 4.79 Å². The Kier molecular flexibility index (Phi) is 4.90. The van der Waals surface area contributed by atoms with Gasteiger partial charge in [-0.25, -0.2) is 0 Å². The van der Waals surface area contributed by atoms with Gasteiger partial charge in [-0.2, -0.15) is 10.4 Å². The second-order valence-corrected chi connectivity index (χ2v) is 4.86. The molecule has 0 bridgehead atoms. The summed E-state index contributed by atoms with van der Waals surface area (Å²) >= 11 is 0. The summed E-state index contributed by atoms with van der Waals surface area (Å²) in [5.41, 5.74) is 2.13. The van der Waals surface area contributed by atoms with Gasteiger partial charge in [0.15, 0.2) is 0 Å². The van der Waals surface area contributed by atoms with E-state index in [4.69, 9.17) is 5.26 Å². The Hall–Kier alpha value is -1.83. The van der Waals surface area contributed by atoms with Crippen molar-refractivity contribution in [2.75, 3.05) is 13.1 Å². The molecular formula is C13H20N4O. The van der Waals surface area contributed by atoms with Gasteiger partial charge in [0.25, 0.3) is 5.91 Å². The van der Waals surface area contributed by atoms with Crippen molar-refractivity contribution >= 4 is 5.91 Å². The van der Waals surface area contributed by atoms with Crippen LogP contribution in [0.5, 0.6) is 0 Å². The van der Waals surface area contributed by atoms with Crippen molar-refractivity contribution in [2.24, 2.45) is 5.92 Å². The highest BCUT2D eigenvalue weighted by Gasteiger charge is 2.22. The number of nitrogens with zero attached hydrogens (tertiary/aromatic N) is 3. The maximum absolute atomic E-state index is 12.4. The van der Waals surface area contributed by atoms with E-state index in [1.54, 1.807) is 4.90 Å². The van der Waals surface area contributed by atoms with Crippen LogP contribution >= 0.6 is 0 Å². The van der Waals surface area contributed by atoms with Crippen LogP contribution in [0, 0.1) is 31.1 Å². The fraction of sp³-hybridized carbons (Fsp3) is 0.615. The van der Waals surface area contributed by atoms with Gasteiger partial charge in [0, 0.05) is 18.8 Å². The highest BCUT2D eigenvalue weighted by Crippen LogP contribution is 2.14. The molecule has 98 valence electrons. The number of amides is 1. The minimum atomic E-state index is -0.0392. The van der Waals surface area contributed by atoms with Gasteiger partial charge < -0.3 is 4.90 Å². The summed E-state index contributed by atoms with van der Waals surface area (Å²) in [7, 11) is 0. The number of carbonyl (C=O) groups is 1. The summed E-state index contributed by atoms with van der Waals surface area (Å²) in [6.07, 6.45) is 0.356. The molecule has 1 aromatic heterocycles. The van der Waals surface area contributed by atoms with Gasteiger partial charge in [-0.1, -0.05) is 13.8 Å². The van der Waals surface area contributed by atoms with Crippen LogP contribution in [0.2, 0.25) is 0 Å². The smallest absolute Gasteiger partial charge is 0.257 e. The first kappa shape index (κ1) is 14.2. The van der Waals surface area contributed by atoms with Crippen LogP contribution in [0.3, 0.4) is 0 Å². The third-order valence-corrected chi connectivity index (χ3v) is 2.71. The zero-order chi connectivity index (χ0) is 13.7. The van der Waals surface area contributed by atoms with Crippen LogP contribution in [-0.2, 0) is 0 Å². The van der Waals surface area contributed by atoms with Gasteiger partial charge in [-0.15, -0.1) is 0 Å². The van der Waals surface area contributed by atoms with E-state index in [1.807, 2.05) is 13.8 Å². The minimum Gasteiger partial charge on any atom is -0.337 e. The molecule has 0 atom stereocenters. The molecule has 1 N–H and O–H groups in total.